The van der Waals surface area contributed by atoms with Gasteiger partial charge in [0.05, 0.1) is 6.04 Å². The lowest BCUT2D eigenvalue weighted by Gasteiger charge is -2.22. The van der Waals surface area contributed by atoms with Gasteiger partial charge in [-0.15, -0.1) is 6.42 Å². The Morgan fingerprint density at radius 1 is 1.58 bits per heavy atom. The molecule has 1 heterocycles. The van der Waals surface area contributed by atoms with Gasteiger partial charge in [0.25, 0.3) is 0 Å². The van der Waals surface area contributed by atoms with Crippen LogP contribution in [0.5, 0.6) is 0 Å². The molecule has 0 saturated carbocycles. The molecule has 1 N–H and O–H groups in total. The SMILES string of the molecule is C#CC(C)NCC1CCSCC1. The molecule has 0 radical (unpaired) electrons. The molecule has 68 valence electrons. The van der Waals surface area contributed by atoms with Crippen LogP contribution in [0.3, 0.4) is 0 Å². The highest BCUT2D eigenvalue weighted by Gasteiger charge is 2.13. The molecule has 0 aromatic carbocycles. The lowest BCUT2D eigenvalue weighted by atomic mass is 10.0. The van der Waals surface area contributed by atoms with Crippen LogP contribution < -0.4 is 5.32 Å². The van der Waals surface area contributed by atoms with Crippen LogP contribution >= 0.6 is 11.8 Å². The van der Waals surface area contributed by atoms with Crippen molar-refractivity contribution in [2.75, 3.05) is 18.1 Å². The zero-order valence-corrected chi connectivity index (χ0v) is 8.49. The molecule has 0 aromatic rings. The zero-order chi connectivity index (χ0) is 8.81. The fraction of sp³-hybridized carbons (Fsp3) is 0.800. The maximum atomic E-state index is 5.27. The first-order valence-corrected chi connectivity index (χ1v) is 5.75. The average Bonchev–Trinajstić information content (AvgIpc) is 2.16. The molecule has 12 heavy (non-hydrogen) atoms. The minimum Gasteiger partial charge on any atom is -0.304 e. The largest absolute Gasteiger partial charge is 0.304 e. The predicted molar refractivity (Wildman–Crippen MR) is 56.3 cm³/mol. The summed E-state index contributed by atoms with van der Waals surface area (Å²) >= 11 is 2.07. The summed E-state index contributed by atoms with van der Waals surface area (Å²) in [6, 6.07) is 0.236. The normalized spacial score (nSPS) is 21.7. The van der Waals surface area contributed by atoms with E-state index in [1.54, 1.807) is 0 Å². The Balaban J connectivity index is 2.10. The number of rotatable bonds is 3. The smallest absolute Gasteiger partial charge is 0.0658 e. The van der Waals surface area contributed by atoms with Gasteiger partial charge in [0.2, 0.25) is 0 Å². The number of nitrogens with one attached hydrogen (secondary N) is 1. The van der Waals surface area contributed by atoms with Crippen molar-refractivity contribution < 1.29 is 0 Å². The van der Waals surface area contributed by atoms with E-state index < -0.39 is 0 Å². The van der Waals surface area contributed by atoms with Crippen LogP contribution in [0.4, 0.5) is 0 Å². The van der Waals surface area contributed by atoms with Crippen molar-refractivity contribution in [3.05, 3.63) is 0 Å². The Morgan fingerprint density at radius 3 is 2.83 bits per heavy atom. The third-order valence-corrected chi connectivity index (χ3v) is 3.35. The second kappa shape index (κ2) is 5.50. The highest BCUT2D eigenvalue weighted by molar-refractivity contribution is 7.99. The number of thioether (sulfide) groups is 1. The molecule has 0 aromatic heterocycles. The van der Waals surface area contributed by atoms with Crippen LogP contribution in [0.25, 0.3) is 0 Å². The summed E-state index contributed by atoms with van der Waals surface area (Å²) in [5.74, 6) is 6.21. The average molecular weight is 183 g/mol. The Kier molecular flexibility index (Phi) is 4.57. The Hall–Kier alpha value is -0.130. The monoisotopic (exact) mass is 183 g/mol. The van der Waals surface area contributed by atoms with E-state index in [0.717, 1.165) is 12.5 Å². The van der Waals surface area contributed by atoms with Gasteiger partial charge in [0, 0.05) is 0 Å². The van der Waals surface area contributed by atoms with Crippen molar-refractivity contribution in [1.29, 1.82) is 0 Å². The van der Waals surface area contributed by atoms with Gasteiger partial charge in [-0.1, -0.05) is 5.92 Å². The first kappa shape index (κ1) is 9.95. The van der Waals surface area contributed by atoms with Gasteiger partial charge in [-0.3, -0.25) is 0 Å². The molecular formula is C10H17NS. The fourth-order valence-electron chi connectivity index (χ4n) is 1.35. The molecule has 0 bridgehead atoms. The Bertz CT molecular complexity index is 156. The van der Waals surface area contributed by atoms with Crippen molar-refractivity contribution in [1.82, 2.24) is 5.32 Å². The van der Waals surface area contributed by atoms with Gasteiger partial charge in [0.1, 0.15) is 0 Å². The summed E-state index contributed by atoms with van der Waals surface area (Å²) in [6.45, 7) is 3.14. The Labute approximate surface area is 79.7 Å². The molecule has 0 aliphatic carbocycles. The van der Waals surface area contributed by atoms with Crippen LogP contribution in [-0.4, -0.2) is 24.1 Å². The summed E-state index contributed by atoms with van der Waals surface area (Å²) in [5.41, 5.74) is 0. The van der Waals surface area contributed by atoms with E-state index in [0.29, 0.717) is 0 Å². The molecule has 1 rings (SSSR count). The second-order valence-corrected chi connectivity index (χ2v) is 4.58. The van der Waals surface area contributed by atoms with Crippen LogP contribution in [-0.2, 0) is 0 Å². The molecule has 1 saturated heterocycles. The lowest BCUT2D eigenvalue weighted by Crippen LogP contribution is -2.31. The van der Waals surface area contributed by atoms with Crippen molar-refractivity contribution in [3.63, 3.8) is 0 Å². The van der Waals surface area contributed by atoms with Crippen LogP contribution in [0.15, 0.2) is 0 Å². The molecule has 1 fully saturated rings. The van der Waals surface area contributed by atoms with E-state index in [1.807, 2.05) is 6.92 Å². The highest BCUT2D eigenvalue weighted by Crippen LogP contribution is 2.21. The molecular weight excluding hydrogens is 166 g/mol. The molecule has 1 aliphatic rings. The van der Waals surface area contributed by atoms with Crippen LogP contribution in [0, 0.1) is 18.3 Å². The quantitative estimate of drug-likeness (QED) is 0.669. The molecule has 1 atom stereocenters. The maximum Gasteiger partial charge on any atom is 0.0658 e. The molecule has 1 unspecified atom stereocenters. The number of terminal acetylenes is 1. The van der Waals surface area contributed by atoms with E-state index in [-0.39, 0.29) is 6.04 Å². The van der Waals surface area contributed by atoms with Crippen molar-refractivity contribution in [2.24, 2.45) is 5.92 Å². The molecule has 2 heteroatoms. The molecule has 0 spiro atoms. The predicted octanol–water partition coefficient (Wildman–Crippen LogP) is 1.74. The van der Waals surface area contributed by atoms with Crippen molar-refractivity contribution in [3.8, 4) is 12.3 Å². The minimum absolute atomic E-state index is 0.236. The van der Waals surface area contributed by atoms with Crippen LogP contribution in [0.2, 0.25) is 0 Å². The van der Waals surface area contributed by atoms with Crippen molar-refractivity contribution in [2.45, 2.75) is 25.8 Å². The minimum atomic E-state index is 0.236. The highest BCUT2D eigenvalue weighted by atomic mass is 32.2. The Morgan fingerprint density at radius 2 is 2.25 bits per heavy atom. The maximum absolute atomic E-state index is 5.27. The van der Waals surface area contributed by atoms with E-state index in [9.17, 15) is 0 Å². The molecule has 1 nitrogen and oxygen atoms in total. The second-order valence-electron chi connectivity index (χ2n) is 3.35. The van der Waals surface area contributed by atoms with Gasteiger partial charge in [-0.25, -0.2) is 0 Å². The van der Waals surface area contributed by atoms with Gasteiger partial charge in [-0.2, -0.15) is 11.8 Å². The molecule has 0 amide bonds. The number of hydrogen-bond donors (Lipinski definition) is 1. The van der Waals surface area contributed by atoms with E-state index in [2.05, 4.69) is 23.0 Å². The van der Waals surface area contributed by atoms with E-state index in [1.165, 1.54) is 24.3 Å². The zero-order valence-electron chi connectivity index (χ0n) is 7.68. The fourth-order valence-corrected chi connectivity index (χ4v) is 2.56. The first-order valence-electron chi connectivity index (χ1n) is 4.60. The summed E-state index contributed by atoms with van der Waals surface area (Å²) < 4.78 is 0. The van der Waals surface area contributed by atoms with Crippen LogP contribution in [0.1, 0.15) is 19.8 Å². The van der Waals surface area contributed by atoms with Crippen molar-refractivity contribution >= 4 is 11.8 Å². The number of hydrogen-bond acceptors (Lipinski definition) is 2. The van der Waals surface area contributed by atoms with E-state index in [4.69, 9.17) is 6.42 Å². The lowest BCUT2D eigenvalue weighted by molar-refractivity contribution is 0.439. The summed E-state index contributed by atoms with van der Waals surface area (Å²) in [5, 5.41) is 3.36. The first-order chi connectivity index (χ1) is 5.83. The molecule has 1 aliphatic heterocycles. The summed E-state index contributed by atoms with van der Waals surface area (Å²) in [4.78, 5) is 0. The summed E-state index contributed by atoms with van der Waals surface area (Å²) in [7, 11) is 0. The van der Waals surface area contributed by atoms with Gasteiger partial charge in [-0.05, 0) is 43.7 Å². The van der Waals surface area contributed by atoms with Gasteiger partial charge < -0.3 is 5.32 Å². The summed E-state index contributed by atoms with van der Waals surface area (Å²) in [6.07, 6.45) is 7.98. The third kappa shape index (κ3) is 3.51. The standard InChI is InChI=1S/C10H17NS/c1-3-9(2)11-8-10-4-6-12-7-5-10/h1,9-11H,4-8H2,2H3. The third-order valence-electron chi connectivity index (χ3n) is 2.30. The van der Waals surface area contributed by atoms with Gasteiger partial charge >= 0.3 is 0 Å². The topological polar surface area (TPSA) is 12.0 Å². The van der Waals surface area contributed by atoms with E-state index >= 15 is 0 Å². The van der Waals surface area contributed by atoms with Gasteiger partial charge in [0.15, 0.2) is 0 Å².